The van der Waals surface area contributed by atoms with Crippen LogP contribution in [0, 0.1) is 0 Å². The van der Waals surface area contributed by atoms with Gasteiger partial charge in [0.2, 0.25) is 0 Å². The standard InChI is InChI=1S/C12H23N5O/c1-17(2)7-4-5-13-11-9-12(16-10-15-11)14-6-8-18-3/h9-10H,4-8H2,1-3H3,(H2,13,14,15,16). The van der Waals surface area contributed by atoms with Crippen molar-refractivity contribution in [3.8, 4) is 0 Å². The number of anilines is 2. The summed E-state index contributed by atoms with van der Waals surface area (Å²) in [5, 5.41) is 6.45. The average Bonchev–Trinajstić information content (AvgIpc) is 2.35. The molecule has 0 bridgehead atoms. The molecule has 0 saturated heterocycles. The molecule has 0 spiro atoms. The van der Waals surface area contributed by atoms with Crippen LogP contribution in [0.15, 0.2) is 12.4 Å². The largest absolute Gasteiger partial charge is 0.383 e. The van der Waals surface area contributed by atoms with E-state index in [0.29, 0.717) is 6.61 Å². The van der Waals surface area contributed by atoms with E-state index in [1.807, 2.05) is 6.07 Å². The number of ether oxygens (including phenoxy) is 1. The molecule has 0 amide bonds. The van der Waals surface area contributed by atoms with Crippen molar-refractivity contribution >= 4 is 11.6 Å². The molecule has 0 unspecified atom stereocenters. The Balaban J connectivity index is 2.30. The molecule has 1 rings (SSSR count). The molecule has 0 fully saturated rings. The second-order valence-electron chi connectivity index (χ2n) is 4.29. The molecule has 1 aromatic heterocycles. The molecule has 6 nitrogen and oxygen atoms in total. The topological polar surface area (TPSA) is 62.3 Å². The van der Waals surface area contributed by atoms with E-state index in [1.54, 1.807) is 13.4 Å². The van der Waals surface area contributed by atoms with E-state index >= 15 is 0 Å². The first-order valence-electron chi connectivity index (χ1n) is 6.16. The fourth-order valence-corrected chi connectivity index (χ4v) is 1.44. The van der Waals surface area contributed by atoms with E-state index in [4.69, 9.17) is 4.74 Å². The normalized spacial score (nSPS) is 10.7. The predicted molar refractivity (Wildman–Crippen MR) is 74.1 cm³/mol. The molecule has 1 aromatic rings. The summed E-state index contributed by atoms with van der Waals surface area (Å²) in [6, 6.07) is 1.91. The fraction of sp³-hybridized carbons (Fsp3) is 0.667. The first-order chi connectivity index (χ1) is 8.72. The highest BCUT2D eigenvalue weighted by Gasteiger charge is 1.98. The van der Waals surface area contributed by atoms with E-state index in [2.05, 4.69) is 39.6 Å². The maximum absolute atomic E-state index is 4.97. The third kappa shape index (κ3) is 6.36. The zero-order chi connectivity index (χ0) is 13.2. The van der Waals surface area contributed by atoms with Crippen LogP contribution in [-0.4, -0.2) is 62.3 Å². The first kappa shape index (κ1) is 14.7. The van der Waals surface area contributed by atoms with E-state index in [0.717, 1.165) is 37.7 Å². The number of nitrogens with one attached hydrogen (secondary N) is 2. The summed E-state index contributed by atoms with van der Waals surface area (Å²) in [4.78, 5) is 10.5. The summed E-state index contributed by atoms with van der Waals surface area (Å²) in [6.07, 6.45) is 2.65. The summed E-state index contributed by atoms with van der Waals surface area (Å²) in [5.74, 6) is 1.67. The van der Waals surface area contributed by atoms with Crippen LogP contribution >= 0.6 is 0 Å². The summed E-state index contributed by atoms with van der Waals surface area (Å²) >= 11 is 0. The molecule has 0 radical (unpaired) electrons. The maximum atomic E-state index is 4.97. The highest BCUT2D eigenvalue weighted by Crippen LogP contribution is 2.07. The van der Waals surface area contributed by atoms with E-state index in [1.165, 1.54) is 0 Å². The number of rotatable bonds is 9. The summed E-state index contributed by atoms with van der Waals surface area (Å²) in [6.45, 7) is 3.38. The number of hydrogen-bond donors (Lipinski definition) is 2. The minimum atomic E-state index is 0.662. The van der Waals surface area contributed by atoms with Crippen LogP contribution in [0.5, 0.6) is 0 Å². The quantitative estimate of drug-likeness (QED) is 0.638. The summed E-state index contributed by atoms with van der Waals surface area (Å²) < 4.78 is 4.97. The third-order valence-corrected chi connectivity index (χ3v) is 2.37. The third-order valence-electron chi connectivity index (χ3n) is 2.37. The second kappa shape index (κ2) is 8.66. The van der Waals surface area contributed by atoms with Gasteiger partial charge in [-0.1, -0.05) is 0 Å². The zero-order valence-electron chi connectivity index (χ0n) is 11.4. The van der Waals surface area contributed by atoms with Gasteiger partial charge in [-0.25, -0.2) is 9.97 Å². The Hall–Kier alpha value is -1.40. The smallest absolute Gasteiger partial charge is 0.131 e. The van der Waals surface area contributed by atoms with Crippen molar-refractivity contribution in [1.82, 2.24) is 14.9 Å². The van der Waals surface area contributed by atoms with Gasteiger partial charge in [0.15, 0.2) is 0 Å². The Morgan fingerprint density at radius 2 is 1.83 bits per heavy atom. The van der Waals surface area contributed by atoms with Gasteiger partial charge < -0.3 is 20.3 Å². The molecule has 0 aliphatic carbocycles. The minimum absolute atomic E-state index is 0.662. The maximum Gasteiger partial charge on any atom is 0.131 e. The Bertz CT molecular complexity index is 332. The molecule has 0 saturated carbocycles. The Labute approximate surface area is 109 Å². The molecule has 0 atom stereocenters. The number of aromatic nitrogens is 2. The van der Waals surface area contributed by atoms with Crippen LogP contribution in [0.25, 0.3) is 0 Å². The van der Waals surface area contributed by atoms with Crippen molar-refractivity contribution < 1.29 is 4.74 Å². The molecule has 1 heterocycles. The van der Waals surface area contributed by atoms with Crippen molar-refractivity contribution in [3.05, 3.63) is 12.4 Å². The van der Waals surface area contributed by atoms with Crippen LogP contribution in [0.1, 0.15) is 6.42 Å². The van der Waals surface area contributed by atoms with Gasteiger partial charge in [-0.05, 0) is 27.1 Å². The summed E-state index contributed by atoms with van der Waals surface area (Å²) in [7, 11) is 5.82. The highest BCUT2D eigenvalue weighted by molar-refractivity contribution is 5.46. The molecule has 18 heavy (non-hydrogen) atoms. The lowest BCUT2D eigenvalue weighted by Gasteiger charge is -2.11. The van der Waals surface area contributed by atoms with Crippen LogP contribution in [0.2, 0.25) is 0 Å². The van der Waals surface area contributed by atoms with Gasteiger partial charge in [-0.2, -0.15) is 0 Å². The second-order valence-corrected chi connectivity index (χ2v) is 4.29. The molecule has 0 aliphatic heterocycles. The van der Waals surface area contributed by atoms with Crippen molar-refractivity contribution in [2.75, 3.05) is 58.1 Å². The molecular formula is C12H23N5O. The lowest BCUT2D eigenvalue weighted by molar-refractivity contribution is 0.210. The number of nitrogens with zero attached hydrogens (tertiary/aromatic N) is 3. The highest BCUT2D eigenvalue weighted by atomic mass is 16.5. The van der Waals surface area contributed by atoms with Gasteiger partial charge in [0.1, 0.15) is 18.0 Å². The van der Waals surface area contributed by atoms with Gasteiger partial charge in [-0.3, -0.25) is 0 Å². The van der Waals surface area contributed by atoms with Gasteiger partial charge in [0.05, 0.1) is 6.61 Å². The van der Waals surface area contributed by atoms with Crippen LogP contribution in [0.4, 0.5) is 11.6 Å². The minimum Gasteiger partial charge on any atom is -0.383 e. The van der Waals surface area contributed by atoms with Gasteiger partial charge in [0, 0.05) is 26.3 Å². The summed E-state index contributed by atoms with van der Waals surface area (Å²) in [5.41, 5.74) is 0. The predicted octanol–water partition coefficient (Wildman–Crippen LogP) is 0.898. The van der Waals surface area contributed by atoms with E-state index in [9.17, 15) is 0 Å². The SMILES string of the molecule is COCCNc1cc(NCCCN(C)C)ncn1. The van der Waals surface area contributed by atoms with Gasteiger partial charge in [-0.15, -0.1) is 0 Å². The zero-order valence-corrected chi connectivity index (χ0v) is 11.4. The van der Waals surface area contributed by atoms with Gasteiger partial charge >= 0.3 is 0 Å². The Morgan fingerprint density at radius 3 is 2.44 bits per heavy atom. The Kier molecular flexibility index (Phi) is 7.05. The molecule has 6 heteroatoms. The average molecular weight is 253 g/mol. The van der Waals surface area contributed by atoms with Crippen LogP contribution in [-0.2, 0) is 4.74 Å². The first-order valence-corrected chi connectivity index (χ1v) is 6.16. The molecule has 0 aromatic carbocycles. The van der Waals surface area contributed by atoms with E-state index in [-0.39, 0.29) is 0 Å². The van der Waals surface area contributed by atoms with Crippen molar-refractivity contribution in [2.24, 2.45) is 0 Å². The van der Waals surface area contributed by atoms with E-state index < -0.39 is 0 Å². The number of hydrogen-bond acceptors (Lipinski definition) is 6. The Morgan fingerprint density at radius 1 is 1.17 bits per heavy atom. The molecule has 102 valence electrons. The van der Waals surface area contributed by atoms with Crippen molar-refractivity contribution in [3.63, 3.8) is 0 Å². The lowest BCUT2D eigenvalue weighted by atomic mass is 10.4. The molecule has 2 N–H and O–H groups in total. The van der Waals surface area contributed by atoms with Gasteiger partial charge in [0.25, 0.3) is 0 Å². The number of methoxy groups -OCH3 is 1. The van der Waals surface area contributed by atoms with Crippen LogP contribution in [0.3, 0.4) is 0 Å². The monoisotopic (exact) mass is 253 g/mol. The lowest BCUT2D eigenvalue weighted by Crippen LogP contribution is -2.16. The molecular weight excluding hydrogens is 230 g/mol. The molecule has 0 aliphatic rings. The fourth-order valence-electron chi connectivity index (χ4n) is 1.44. The van der Waals surface area contributed by atoms with Crippen molar-refractivity contribution in [1.29, 1.82) is 0 Å². The van der Waals surface area contributed by atoms with Crippen molar-refractivity contribution in [2.45, 2.75) is 6.42 Å². The van der Waals surface area contributed by atoms with Crippen LogP contribution < -0.4 is 10.6 Å².